The van der Waals surface area contributed by atoms with E-state index in [2.05, 4.69) is 46.1 Å². The number of ether oxygens (including phenoxy) is 1. The van der Waals surface area contributed by atoms with Crippen molar-refractivity contribution in [2.45, 2.75) is 148 Å². The summed E-state index contributed by atoms with van der Waals surface area (Å²) >= 11 is 0. The van der Waals surface area contributed by atoms with Gasteiger partial charge < -0.3 is 19.6 Å². The highest BCUT2D eigenvalue weighted by Gasteiger charge is 2.42. The molecule has 0 aromatic rings. The van der Waals surface area contributed by atoms with Crippen LogP contribution in [-0.4, -0.2) is 44.4 Å². The van der Waals surface area contributed by atoms with Gasteiger partial charge in [-0.3, -0.25) is 0 Å². The monoisotopic (exact) mass is 457 g/mol. The predicted octanol–water partition coefficient (Wildman–Crippen LogP) is 6.94. The number of hydrogen-bond donors (Lipinski definition) is 2. The van der Waals surface area contributed by atoms with Crippen LogP contribution in [0.2, 0.25) is 18.1 Å². The summed E-state index contributed by atoms with van der Waals surface area (Å²) in [5.41, 5.74) is 0. The number of cyclic esters (lactones) is 1. The molecule has 0 aliphatic carbocycles. The number of amides is 1. The molecule has 5 nitrogen and oxygen atoms in total. The SMILES string of the molecule is CCCCCCCCCCCCCCC(O)C1OC(=O)NC1CO[Si](C)(C)C(C)(C)C. The van der Waals surface area contributed by atoms with Crippen LogP contribution in [0.3, 0.4) is 0 Å². The van der Waals surface area contributed by atoms with Crippen LogP contribution in [0, 0.1) is 0 Å². The fourth-order valence-electron chi connectivity index (χ4n) is 3.83. The summed E-state index contributed by atoms with van der Waals surface area (Å²) in [6.07, 6.45) is 14.7. The average molecular weight is 458 g/mol. The Morgan fingerprint density at radius 2 is 1.45 bits per heavy atom. The zero-order valence-corrected chi connectivity index (χ0v) is 22.3. The van der Waals surface area contributed by atoms with Gasteiger partial charge in [0.1, 0.15) is 0 Å². The lowest BCUT2D eigenvalue weighted by Gasteiger charge is -2.37. The normalized spacial score (nSPS) is 20.5. The Hall–Kier alpha value is -0.593. The number of rotatable bonds is 17. The Labute approximate surface area is 193 Å². The minimum atomic E-state index is -1.91. The molecule has 0 spiro atoms. The maximum atomic E-state index is 11.8. The number of aliphatic hydroxyl groups excluding tert-OH is 1. The lowest BCUT2D eigenvalue weighted by Crippen LogP contribution is -2.48. The molecular formula is C25H51NO4Si. The molecule has 0 saturated carbocycles. The van der Waals surface area contributed by atoms with Crippen molar-refractivity contribution in [3.8, 4) is 0 Å². The van der Waals surface area contributed by atoms with Crippen LogP contribution in [0.4, 0.5) is 4.79 Å². The minimum absolute atomic E-state index is 0.111. The maximum Gasteiger partial charge on any atom is 0.408 e. The fourth-order valence-corrected chi connectivity index (χ4v) is 4.86. The largest absolute Gasteiger partial charge is 0.441 e. The summed E-state index contributed by atoms with van der Waals surface area (Å²) in [7, 11) is -1.91. The zero-order valence-electron chi connectivity index (χ0n) is 21.3. The van der Waals surface area contributed by atoms with Crippen LogP contribution < -0.4 is 5.32 Å². The van der Waals surface area contributed by atoms with E-state index in [1.54, 1.807) is 0 Å². The molecule has 0 aromatic heterocycles. The van der Waals surface area contributed by atoms with E-state index in [0.717, 1.165) is 12.8 Å². The van der Waals surface area contributed by atoms with E-state index in [0.29, 0.717) is 13.0 Å². The molecule has 1 saturated heterocycles. The number of aliphatic hydroxyl groups is 1. The van der Waals surface area contributed by atoms with E-state index in [9.17, 15) is 9.90 Å². The van der Waals surface area contributed by atoms with Crippen LogP contribution in [0.25, 0.3) is 0 Å². The molecule has 1 aliphatic rings. The molecule has 6 heteroatoms. The number of unbranched alkanes of at least 4 members (excludes halogenated alkanes) is 11. The van der Waals surface area contributed by atoms with E-state index in [1.165, 1.54) is 64.2 Å². The summed E-state index contributed by atoms with van der Waals surface area (Å²) in [5.74, 6) is 0. The summed E-state index contributed by atoms with van der Waals surface area (Å²) < 4.78 is 11.6. The van der Waals surface area contributed by atoms with Crippen molar-refractivity contribution >= 4 is 14.4 Å². The van der Waals surface area contributed by atoms with Crippen LogP contribution in [0.1, 0.15) is 111 Å². The quantitative estimate of drug-likeness (QED) is 0.183. The highest BCUT2D eigenvalue weighted by molar-refractivity contribution is 6.74. The molecule has 31 heavy (non-hydrogen) atoms. The first-order valence-electron chi connectivity index (χ1n) is 12.9. The number of carbonyl (C=O) groups is 1. The molecule has 1 aliphatic heterocycles. The molecule has 184 valence electrons. The first kappa shape index (κ1) is 28.4. The van der Waals surface area contributed by atoms with E-state index in [-0.39, 0.29) is 11.1 Å². The average Bonchev–Trinajstić information content (AvgIpc) is 3.07. The molecule has 1 heterocycles. The zero-order chi connectivity index (χ0) is 23.3. The van der Waals surface area contributed by atoms with Gasteiger partial charge in [0, 0.05) is 0 Å². The van der Waals surface area contributed by atoms with Crippen molar-refractivity contribution in [1.29, 1.82) is 0 Å². The third-order valence-electron chi connectivity index (χ3n) is 7.11. The van der Waals surface area contributed by atoms with E-state index in [4.69, 9.17) is 9.16 Å². The number of nitrogens with one attached hydrogen (secondary N) is 1. The standard InChI is InChI=1S/C25H51NO4Si/c1-7-8-9-10-11-12-13-14-15-16-17-18-19-22(27)23-21(26-24(28)30-23)20-29-31(5,6)25(2,3)4/h21-23,27H,7-20H2,1-6H3,(H,26,28). The summed E-state index contributed by atoms with van der Waals surface area (Å²) in [5, 5.41) is 13.6. The van der Waals surface area contributed by atoms with E-state index in [1.807, 2.05) is 0 Å². The van der Waals surface area contributed by atoms with Gasteiger partial charge >= 0.3 is 6.09 Å². The Morgan fingerprint density at radius 1 is 0.968 bits per heavy atom. The maximum absolute atomic E-state index is 11.8. The first-order valence-corrected chi connectivity index (χ1v) is 15.8. The lowest BCUT2D eigenvalue weighted by molar-refractivity contribution is 0.00589. The van der Waals surface area contributed by atoms with Crippen LogP contribution in [0.5, 0.6) is 0 Å². The van der Waals surface area contributed by atoms with Crippen molar-refractivity contribution < 1.29 is 19.1 Å². The number of alkyl carbamates (subject to hydrolysis) is 1. The van der Waals surface area contributed by atoms with Crippen molar-refractivity contribution in [3.05, 3.63) is 0 Å². The molecule has 0 aromatic carbocycles. The summed E-state index contributed by atoms with van der Waals surface area (Å²) in [4.78, 5) is 11.8. The number of carbonyl (C=O) groups excluding carboxylic acids is 1. The number of hydrogen-bond acceptors (Lipinski definition) is 4. The Balaban J connectivity index is 2.18. The third-order valence-corrected chi connectivity index (χ3v) is 11.6. The van der Waals surface area contributed by atoms with Gasteiger partial charge in [-0.05, 0) is 24.6 Å². The second-order valence-corrected chi connectivity index (χ2v) is 15.7. The van der Waals surface area contributed by atoms with Crippen LogP contribution >= 0.6 is 0 Å². The smallest absolute Gasteiger partial charge is 0.408 e. The van der Waals surface area contributed by atoms with Gasteiger partial charge in [0.05, 0.1) is 18.8 Å². The highest BCUT2D eigenvalue weighted by atomic mass is 28.4. The Kier molecular flexibility index (Phi) is 13.3. The van der Waals surface area contributed by atoms with E-state index >= 15 is 0 Å². The summed E-state index contributed by atoms with van der Waals surface area (Å²) in [6.45, 7) is 13.7. The Bertz CT molecular complexity index is 492. The van der Waals surface area contributed by atoms with Gasteiger partial charge in [-0.1, -0.05) is 105 Å². The molecule has 1 fully saturated rings. The van der Waals surface area contributed by atoms with Gasteiger partial charge in [0.15, 0.2) is 14.4 Å². The Morgan fingerprint density at radius 3 is 1.94 bits per heavy atom. The van der Waals surface area contributed by atoms with Crippen molar-refractivity contribution in [2.24, 2.45) is 0 Å². The molecule has 0 radical (unpaired) electrons. The fraction of sp³-hybridized carbons (Fsp3) is 0.960. The van der Waals surface area contributed by atoms with Crippen molar-refractivity contribution in [2.75, 3.05) is 6.61 Å². The van der Waals surface area contributed by atoms with Crippen molar-refractivity contribution in [3.63, 3.8) is 0 Å². The van der Waals surface area contributed by atoms with Gasteiger partial charge in [-0.15, -0.1) is 0 Å². The van der Waals surface area contributed by atoms with Crippen LogP contribution in [0.15, 0.2) is 0 Å². The molecule has 1 rings (SSSR count). The second kappa shape index (κ2) is 14.5. The lowest BCUT2D eigenvalue weighted by atomic mass is 10.00. The van der Waals surface area contributed by atoms with Crippen LogP contribution in [-0.2, 0) is 9.16 Å². The molecular weight excluding hydrogens is 406 g/mol. The van der Waals surface area contributed by atoms with Gasteiger partial charge in [0.25, 0.3) is 0 Å². The molecule has 1 amide bonds. The topological polar surface area (TPSA) is 67.8 Å². The second-order valence-electron chi connectivity index (χ2n) is 10.9. The first-order chi connectivity index (χ1) is 14.6. The van der Waals surface area contributed by atoms with Gasteiger partial charge in [-0.25, -0.2) is 4.79 Å². The minimum Gasteiger partial charge on any atom is -0.441 e. The molecule has 3 atom stereocenters. The molecule has 0 bridgehead atoms. The molecule has 2 N–H and O–H groups in total. The van der Waals surface area contributed by atoms with Crippen molar-refractivity contribution in [1.82, 2.24) is 5.32 Å². The predicted molar refractivity (Wildman–Crippen MR) is 132 cm³/mol. The third kappa shape index (κ3) is 11.2. The molecule has 3 unspecified atom stereocenters. The summed E-state index contributed by atoms with van der Waals surface area (Å²) in [6, 6.07) is -0.269. The van der Waals surface area contributed by atoms with Gasteiger partial charge in [-0.2, -0.15) is 0 Å². The van der Waals surface area contributed by atoms with E-state index < -0.39 is 26.6 Å². The van der Waals surface area contributed by atoms with Gasteiger partial charge in [0.2, 0.25) is 0 Å². The highest BCUT2D eigenvalue weighted by Crippen LogP contribution is 2.37.